The zero-order valence-electron chi connectivity index (χ0n) is 8.32. The van der Waals surface area contributed by atoms with E-state index in [9.17, 15) is 18.0 Å². The van der Waals surface area contributed by atoms with Crippen LogP contribution in [-0.2, 0) is 9.53 Å². The fourth-order valence-corrected chi connectivity index (χ4v) is 0.882. The third kappa shape index (κ3) is 3.66. The number of hydrogen-bond donors (Lipinski definition) is 0. The van der Waals surface area contributed by atoms with Crippen LogP contribution in [0.2, 0.25) is 5.02 Å². The van der Waals surface area contributed by atoms with Gasteiger partial charge in [0.1, 0.15) is 0 Å². The van der Waals surface area contributed by atoms with E-state index in [4.69, 9.17) is 11.6 Å². The lowest BCUT2D eigenvalue weighted by molar-refractivity contribution is -0.137. The number of aromatic nitrogens is 2. The van der Waals surface area contributed by atoms with Gasteiger partial charge in [0.2, 0.25) is 11.7 Å². The van der Waals surface area contributed by atoms with Crippen LogP contribution in [0.3, 0.4) is 0 Å². The standard InChI is InChI=1S/C8H5ClF3N3O2/c1-17-6(16)5(8(10,11)12)15-7-13-2-4(9)3-14-7/h2-3H,1H3. The zero-order chi connectivity index (χ0) is 13.1. The summed E-state index contributed by atoms with van der Waals surface area (Å²) in [6.45, 7) is 0. The average Bonchev–Trinajstić information content (AvgIpc) is 2.25. The molecule has 1 aromatic heterocycles. The Morgan fingerprint density at radius 2 is 1.94 bits per heavy atom. The van der Waals surface area contributed by atoms with Crippen LogP contribution in [0.15, 0.2) is 17.4 Å². The summed E-state index contributed by atoms with van der Waals surface area (Å²) in [5, 5.41) is 0.135. The Morgan fingerprint density at radius 3 is 2.35 bits per heavy atom. The Bertz CT molecular complexity index is 444. The van der Waals surface area contributed by atoms with Gasteiger partial charge in [-0.2, -0.15) is 18.2 Å². The number of ether oxygens (including phenoxy) is 1. The first kappa shape index (κ1) is 13.4. The molecule has 5 nitrogen and oxygen atoms in total. The number of aliphatic imine (C=N–C) groups is 1. The second-order valence-electron chi connectivity index (χ2n) is 2.65. The van der Waals surface area contributed by atoms with Gasteiger partial charge in [-0.3, -0.25) is 0 Å². The molecule has 0 amide bonds. The van der Waals surface area contributed by atoms with E-state index in [1.165, 1.54) is 0 Å². The van der Waals surface area contributed by atoms with Crippen molar-refractivity contribution in [2.75, 3.05) is 7.11 Å². The average molecular weight is 268 g/mol. The summed E-state index contributed by atoms with van der Waals surface area (Å²) < 4.78 is 41.2. The van der Waals surface area contributed by atoms with Crippen molar-refractivity contribution in [1.29, 1.82) is 0 Å². The summed E-state index contributed by atoms with van der Waals surface area (Å²) in [5.41, 5.74) is -1.73. The Balaban J connectivity index is 3.14. The minimum atomic E-state index is -4.95. The summed E-state index contributed by atoms with van der Waals surface area (Å²) in [5.74, 6) is -2.15. The van der Waals surface area contributed by atoms with Crippen LogP contribution in [0.1, 0.15) is 0 Å². The van der Waals surface area contributed by atoms with Gasteiger partial charge in [0.25, 0.3) is 0 Å². The molecular weight excluding hydrogens is 263 g/mol. The summed E-state index contributed by atoms with van der Waals surface area (Å²) in [6.07, 6.45) is -2.84. The van der Waals surface area contributed by atoms with E-state index in [1.54, 1.807) is 0 Å². The fraction of sp³-hybridized carbons (Fsp3) is 0.250. The molecule has 1 aromatic rings. The summed E-state index contributed by atoms with van der Waals surface area (Å²) in [4.78, 5) is 20.7. The molecule has 0 aliphatic rings. The van der Waals surface area contributed by atoms with Crippen LogP contribution >= 0.6 is 11.6 Å². The molecule has 0 aromatic carbocycles. The molecule has 0 saturated carbocycles. The number of nitrogens with zero attached hydrogens (tertiary/aromatic N) is 3. The van der Waals surface area contributed by atoms with Gasteiger partial charge in [-0.1, -0.05) is 11.6 Å². The predicted octanol–water partition coefficient (Wildman–Crippen LogP) is 1.94. The Morgan fingerprint density at radius 1 is 1.41 bits per heavy atom. The second-order valence-corrected chi connectivity index (χ2v) is 3.09. The highest BCUT2D eigenvalue weighted by molar-refractivity contribution is 6.39. The number of hydrogen-bond acceptors (Lipinski definition) is 5. The number of carbonyl (C=O) groups is 1. The van der Waals surface area contributed by atoms with E-state index in [0.717, 1.165) is 19.5 Å². The molecule has 0 aliphatic carbocycles. The lowest BCUT2D eigenvalue weighted by Gasteiger charge is -2.07. The Labute approximate surface area is 98.3 Å². The molecule has 0 N–H and O–H groups in total. The summed E-state index contributed by atoms with van der Waals surface area (Å²) >= 11 is 5.44. The number of carbonyl (C=O) groups excluding carboxylic acids is 1. The van der Waals surface area contributed by atoms with Crippen molar-refractivity contribution >= 4 is 29.2 Å². The highest BCUT2D eigenvalue weighted by Gasteiger charge is 2.42. The molecule has 9 heteroatoms. The molecule has 0 unspecified atom stereocenters. The van der Waals surface area contributed by atoms with Crippen LogP contribution in [0.5, 0.6) is 0 Å². The maximum atomic E-state index is 12.4. The van der Waals surface area contributed by atoms with Crippen molar-refractivity contribution in [2.24, 2.45) is 4.99 Å². The van der Waals surface area contributed by atoms with E-state index in [1.807, 2.05) is 0 Å². The number of alkyl halides is 3. The lowest BCUT2D eigenvalue weighted by Crippen LogP contribution is -2.32. The van der Waals surface area contributed by atoms with Crippen molar-refractivity contribution in [1.82, 2.24) is 9.97 Å². The van der Waals surface area contributed by atoms with E-state index in [0.29, 0.717) is 0 Å². The van der Waals surface area contributed by atoms with Crippen molar-refractivity contribution in [3.8, 4) is 0 Å². The van der Waals surface area contributed by atoms with E-state index in [-0.39, 0.29) is 5.02 Å². The Kier molecular flexibility index (Phi) is 4.00. The molecule has 17 heavy (non-hydrogen) atoms. The van der Waals surface area contributed by atoms with Crippen molar-refractivity contribution in [3.05, 3.63) is 17.4 Å². The molecule has 1 heterocycles. The first-order chi connectivity index (χ1) is 7.84. The van der Waals surface area contributed by atoms with Gasteiger partial charge in [-0.25, -0.2) is 14.8 Å². The van der Waals surface area contributed by atoms with Crippen molar-refractivity contribution in [2.45, 2.75) is 6.18 Å². The van der Waals surface area contributed by atoms with Gasteiger partial charge in [-0.15, -0.1) is 0 Å². The van der Waals surface area contributed by atoms with Gasteiger partial charge in [-0.05, 0) is 0 Å². The van der Waals surface area contributed by atoms with E-state index in [2.05, 4.69) is 19.7 Å². The maximum absolute atomic E-state index is 12.4. The topological polar surface area (TPSA) is 64.4 Å². The molecule has 0 spiro atoms. The molecular formula is C8H5ClF3N3O2. The van der Waals surface area contributed by atoms with Crippen LogP contribution in [0, 0.1) is 0 Å². The first-order valence-corrected chi connectivity index (χ1v) is 4.44. The molecule has 92 valence electrons. The monoisotopic (exact) mass is 267 g/mol. The van der Waals surface area contributed by atoms with Crippen LogP contribution in [-0.4, -0.2) is 34.9 Å². The predicted molar refractivity (Wildman–Crippen MR) is 52.2 cm³/mol. The fourth-order valence-electron chi connectivity index (χ4n) is 0.785. The van der Waals surface area contributed by atoms with Crippen LogP contribution in [0.25, 0.3) is 0 Å². The van der Waals surface area contributed by atoms with Gasteiger partial charge in [0.15, 0.2) is 0 Å². The largest absolute Gasteiger partial charge is 0.464 e. The highest BCUT2D eigenvalue weighted by Crippen LogP contribution is 2.20. The molecule has 1 rings (SSSR count). The van der Waals surface area contributed by atoms with Crippen molar-refractivity contribution < 1.29 is 22.7 Å². The molecule has 0 saturated heterocycles. The number of methoxy groups -OCH3 is 1. The number of halogens is 4. The SMILES string of the molecule is COC(=O)C(=Nc1ncc(Cl)cn1)C(F)(F)F. The molecule has 0 bridgehead atoms. The smallest absolute Gasteiger partial charge is 0.440 e. The number of esters is 1. The van der Waals surface area contributed by atoms with E-state index < -0.39 is 23.8 Å². The third-order valence-corrected chi connectivity index (χ3v) is 1.66. The molecule has 0 atom stereocenters. The third-order valence-electron chi connectivity index (χ3n) is 1.47. The van der Waals surface area contributed by atoms with Crippen LogP contribution < -0.4 is 0 Å². The maximum Gasteiger partial charge on any atom is 0.440 e. The lowest BCUT2D eigenvalue weighted by atomic mass is 10.3. The Hall–Kier alpha value is -1.70. The van der Waals surface area contributed by atoms with Gasteiger partial charge >= 0.3 is 12.1 Å². The first-order valence-electron chi connectivity index (χ1n) is 4.06. The zero-order valence-corrected chi connectivity index (χ0v) is 9.08. The quantitative estimate of drug-likeness (QED) is 0.607. The number of rotatable bonds is 2. The highest BCUT2D eigenvalue weighted by atomic mass is 35.5. The van der Waals surface area contributed by atoms with Crippen LogP contribution in [0.4, 0.5) is 19.1 Å². The van der Waals surface area contributed by atoms with Gasteiger partial charge in [0.05, 0.1) is 24.5 Å². The summed E-state index contributed by atoms with van der Waals surface area (Å²) in [6, 6.07) is 0. The minimum absolute atomic E-state index is 0.135. The van der Waals surface area contributed by atoms with Crippen molar-refractivity contribution in [3.63, 3.8) is 0 Å². The molecule has 0 fully saturated rings. The van der Waals surface area contributed by atoms with Gasteiger partial charge in [0, 0.05) is 0 Å². The van der Waals surface area contributed by atoms with Gasteiger partial charge < -0.3 is 4.74 Å². The normalized spacial score (nSPS) is 12.4. The second kappa shape index (κ2) is 5.09. The summed E-state index contributed by atoms with van der Waals surface area (Å²) in [7, 11) is 0.812. The minimum Gasteiger partial charge on any atom is -0.464 e. The molecule has 0 aliphatic heterocycles. The molecule has 0 radical (unpaired) electrons. The van der Waals surface area contributed by atoms with E-state index >= 15 is 0 Å².